The van der Waals surface area contributed by atoms with Crippen LogP contribution in [0.1, 0.15) is 52.7 Å². The van der Waals surface area contributed by atoms with Crippen LogP contribution in [-0.4, -0.2) is 20.6 Å². The van der Waals surface area contributed by atoms with Crippen molar-refractivity contribution in [1.29, 1.82) is 0 Å². The lowest BCUT2D eigenvalue weighted by Gasteiger charge is -2.08. The van der Waals surface area contributed by atoms with Gasteiger partial charge in [-0.3, -0.25) is 4.79 Å². The number of aromatic nitrogens is 3. The number of aryl methyl sites for hydroxylation is 1. The minimum atomic E-state index is -0.148. The van der Waals surface area contributed by atoms with Gasteiger partial charge < -0.3 is 14.4 Å². The molecule has 0 atom stereocenters. The van der Waals surface area contributed by atoms with Crippen molar-refractivity contribution < 1.29 is 9.32 Å². The molecule has 3 rings (SSSR count). The molecule has 6 heteroatoms. The van der Waals surface area contributed by atoms with Gasteiger partial charge in [0.25, 0.3) is 5.91 Å². The standard InChI is InChI=1S/C19H22N4O2/c1-13(2)18-17(14(3)22-25-18)19(24)21-10-15-4-6-16(7-5-15)11-23-9-8-20-12-23/h4-9,12-13H,10-11H2,1-3H3,(H,21,24). The van der Waals surface area contributed by atoms with Crippen LogP contribution >= 0.6 is 0 Å². The topological polar surface area (TPSA) is 73.0 Å². The molecule has 6 nitrogen and oxygen atoms in total. The molecule has 0 saturated heterocycles. The fraction of sp³-hybridized carbons (Fsp3) is 0.316. The summed E-state index contributed by atoms with van der Waals surface area (Å²) in [5.74, 6) is 0.597. The van der Waals surface area contributed by atoms with Crippen LogP contribution in [0.3, 0.4) is 0 Å². The summed E-state index contributed by atoms with van der Waals surface area (Å²) in [7, 11) is 0. The summed E-state index contributed by atoms with van der Waals surface area (Å²) in [5, 5.41) is 6.87. The van der Waals surface area contributed by atoms with Gasteiger partial charge in [0.05, 0.1) is 12.0 Å². The first-order chi connectivity index (χ1) is 12.0. The van der Waals surface area contributed by atoms with E-state index in [1.54, 1.807) is 19.4 Å². The lowest BCUT2D eigenvalue weighted by atomic mass is 10.0. The molecule has 0 aliphatic carbocycles. The van der Waals surface area contributed by atoms with Crippen molar-refractivity contribution in [2.45, 2.75) is 39.8 Å². The van der Waals surface area contributed by atoms with Gasteiger partial charge >= 0.3 is 0 Å². The number of carbonyl (C=O) groups is 1. The highest BCUT2D eigenvalue weighted by Crippen LogP contribution is 2.22. The first-order valence-electron chi connectivity index (χ1n) is 8.32. The second kappa shape index (κ2) is 7.34. The van der Waals surface area contributed by atoms with Crippen LogP contribution in [0.5, 0.6) is 0 Å². The van der Waals surface area contributed by atoms with Gasteiger partial charge in [-0.2, -0.15) is 0 Å². The van der Waals surface area contributed by atoms with Gasteiger partial charge in [-0.05, 0) is 18.1 Å². The second-order valence-corrected chi connectivity index (χ2v) is 6.40. The van der Waals surface area contributed by atoms with Crippen molar-refractivity contribution >= 4 is 5.91 Å². The molecule has 130 valence electrons. The van der Waals surface area contributed by atoms with E-state index in [0.29, 0.717) is 23.6 Å². The molecular formula is C19H22N4O2. The van der Waals surface area contributed by atoms with Crippen LogP contribution in [0.4, 0.5) is 0 Å². The second-order valence-electron chi connectivity index (χ2n) is 6.40. The fourth-order valence-electron chi connectivity index (χ4n) is 2.68. The Morgan fingerprint density at radius 1 is 1.24 bits per heavy atom. The highest BCUT2D eigenvalue weighted by Gasteiger charge is 2.22. The minimum Gasteiger partial charge on any atom is -0.360 e. The SMILES string of the molecule is Cc1noc(C(C)C)c1C(=O)NCc1ccc(Cn2ccnc2)cc1. The molecule has 1 amide bonds. The molecule has 2 aromatic heterocycles. The van der Waals surface area contributed by atoms with Gasteiger partial charge in [-0.15, -0.1) is 0 Å². The van der Waals surface area contributed by atoms with Gasteiger partial charge in [0, 0.05) is 31.4 Å². The number of nitrogens with one attached hydrogen (secondary N) is 1. The smallest absolute Gasteiger partial charge is 0.257 e. The highest BCUT2D eigenvalue weighted by atomic mass is 16.5. The van der Waals surface area contributed by atoms with Crippen LogP contribution in [0, 0.1) is 6.92 Å². The van der Waals surface area contributed by atoms with E-state index < -0.39 is 0 Å². The average molecular weight is 338 g/mol. The Balaban J connectivity index is 1.62. The van der Waals surface area contributed by atoms with Crippen molar-refractivity contribution in [3.8, 4) is 0 Å². The van der Waals surface area contributed by atoms with Gasteiger partial charge in [-0.25, -0.2) is 4.98 Å². The molecule has 0 fully saturated rings. The maximum absolute atomic E-state index is 12.5. The first-order valence-corrected chi connectivity index (χ1v) is 8.32. The van der Waals surface area contributed by atoms with Crippen LogP contribution < -0.4 is 5.32 Å². The molecule has 0 bridgehead atoms. The largest absolute Gasteiger partial charge is 0.360 e. The summed E-state index contributed by atoms with van der Waals surface area (Å²) in [6.07, 6.45) is 5.49. The van der Waals surface area contributed by atoms with Crippen molar-refractivity contribution in [3.05, 3.63) is 71.1 Å². The molecule has 0 aliphatic rings. The summed E-state index contributed by atoms with van der Waals surface area (Å²) in [6, 6.07) is 8.17. The Morgan fingerprint density at radius 3 is 2.60 bits per heavy atom. The maximum atomic E-state index is 12.5. The van der Waals surface area contributed by atoms with E-state index in [9.17, 15) is 4.79 Å². The third kappa shape index (κ3) is 3.96. The number of carbonyl (C=O) groups excluding carboxylic acids is 1. The Labute approximate surface area is 146 Å². The summed E-state index contributed by atoms with van der Waals surface area (Å²) in [6.45, 7) is 7.00. The van der Waals surface area contributed by atoms with Crippen LogP contribution in [-0.2, 0) is 13.1 Å². The first kappa shape index (κ1) is 17.0. The van der Waals surface area contributed by atoms with E-state index in [1.807, 2.05) is 36.7 Å². The summed E-state index contributed by atoms with van der Waals surface area (Å²) in [5.41, 5.74) is 3.40. The van der Waals surface area contributed by atoms with Crippen molar-refractivity contribution in [1.82, 2.24) is 20.0 Å². The molecule has 2 heterocycles. The Hall–Kier alpha value is -2.89. The van der Waals surface area contributed by atoms with Gasteiger partial charge in [0.2, 0.25) is 0 Å². The molecule has 0 radical (unpaired) electrons. The quantitative estimate of drug-likeness (QED) is 0.748. The van der Waals surface area contributed by atoms with E-state index in [-0.39, 0.29) is 11.8 Å². The summed E-state index contributed by atoms with van der Waals surface area (Å²) >= 11 is 0. The zero-order valence-electron chi connectivity index (χ0n) is 14.7. The Kier molecular flexibility index (Phi) is 4.97. The molecule has 25 heavy (non-hydrogen) atoms. The van der Waals surface area contributed by atoms with Crippen molar-refractivity contribution in [2.75, 3.05) is 0 Å². The van der Waals surface area contributed by atoms with Gasteiger partial charge in [0.1, 0.15) is 5.56 Å². The third-order valence-electron chi connectivity index (χ3n) is 4.04. The molecule has 3 aromatic rings. The lowest BCUT2D eigenvalue weighted by Crippen LogP contribution is -2.24. The number of rotatable bonds is 6. The van der Waals surface area contributed by atoms with E-state index in [1.165, 1.54) is 5.56 Å². The molecule has 0 spiro atoms. The Bertz CT molecular complexity index is 833. The highest BCUT2D eigenvalue weighted by molar-refractivity contribution is 5.96. The summed E-state index contributed by atoms with van der Waals surface area (Å²) in [4.78, 5) is 16.5. The van der Waals surface area contributed by atoms with Crippen molar-refractivity contribution in [3.63, 3.8) is 0 Å². The predicted molar refractivity (Wildman–Crippen MR) is 94.3 cm³/mol. The third-order valence-corrected chi connectivity index (χ3v) is 4.04. The van der Waals surface area contributed by atoms with E-state index in [2.05, 4.69) is 27.6 Å². The molecular weight excluding hydrogens is 316 g/mol. The monoisotopic (exact) mass is 338 g/mol. The van der Waals surface area contributed by atoms with Gasteiger partial charge in [0.15, 0.2) is 5.76 Å². The van der Waals surface area contributed by atoms with Crippen LogP contribution in [0.15, 0.2) is 47.5 Å². The zero-order chi connectivity index (χ0) is 17.8. The van der Waals surface area contributed by atoms with E-state index >= 15 is 0 Å². The molecule has 0 saturated carbocycles. The number of hydrogen-bond donors (Lipinski definition) is 1. The van der Waals surface area contributed by atoms with E-state index in [0.717, 1.165) is 12.1 Å². The van der Waals surface area contributed by atoms with E-state index in [4.69, 9.17) is 4.52 Å². The number of hydrogen-bond acceptors (Lipinski definition) is 4. The molecule has 0 aliphatic heterocycles. The molecule has 1 aromatic carbocycles. The molecule has 0 unspecified atom stereocenters. The number of nitrogens with zero attached hydrogens (tertiary/aromatic N) is 3. The van der Waals surface area contributed by atoms with Crippen molar-refractivity contribution in [2.24, 2.45) is 0 Å². The fourth-order valence-corrected chi connectivity index (χ4v) is 2.68. The zero-order valence-corrected chi connectivity index (χ0v) is 14.7. The normalized spacial score (nSPS) is 11.0. The number of imidazole rings is 1. The average Bonchev–Trinajstić information content (AvgIpc) is 3.23. The predicted octanol–water partition coefficient (Wildman–Crippen LogP) is 3.28. The van der Waals surface area contributed by atoms with Crippen LogP contribution in [0.25, 0.3) is 0 Å². The summed E-state index contributed by atoms with van der Waals surface area (Å²) < 4.78 is 7.29. The number of benzene rings is 1. The van der Waals surface area contributed by atoms with Crippen LogP contribution in [0.2, 0.25) is 0 Å². The molecule has 1 N–H and O–H groups in total. The lowest BCUT2D eigenvalue weighted by molar-refractivity contribution is 0.0948. The van der Waals surface area contributed by atoms with Gasteiger partial charge in [-0.1, -0.05) is 43.3 Å². The number of amides is 1. The minimum absolute atomic E-state index is 0.115. The maximum Gasteiger partial charge on any atom is 0.257 e. The Morgan fingerprint density at radius 2 is 1.96 bits per heavy atom.